The summed E-state index contributed by atoms with van der Waals surface area (Å²) < 4.78 is 0. The summed E-state index contributed by atoms with van der Waals surface area (Å²) in [7, 11) is 0. The highest BCUT2D eigenvalue weighted by Gasteiger charge is 2.38. The first-order valence-electron chi connectivity index (χ1n) is 6.56. The fraction of sp³-hybridized carbons (Fsp3) is 0.923. The Hall–Kier alpha value is -0.570. The third-order valence-electron chi connectivity index (χ3n) is 3.60. The fourth-order valence-corrected chi connectivity index (χ4v) is 2.51. The highest BCUT2D eigenvalue weighted by atomic mass is 16.1. The Kier molecular flexibility index (Phi) is 5.26. The van der Waals surface area contributed by atoms with Gasteiger partial charge < -0.3 is 10.6 Å². The van der Waals surface area contributed by atoms with E-state index in [-0.39, 0.29) is 17.2 Å². The Labute approximate surface area is 99.4 Å². The van der Waals surface area contributed by atoms with Crippen molar-refractivity contribution in [1.82, 2.24) is 10.6 Å². The topological polar surface area (TPSA) is 41.1 Å². The van der Waals surface area contributed by atoms with Crippen LogP contribution in [0.1, 0.15) is 46.5 Å². The molecule has 1 unspecified atom stereocenters. The summed E-state index contributed by atoms with van der Waals surface area (Å²) in [5.41, 5.74) is 0.195. The average Bonchev–Trinajstić information content (AvgIpc) is 2.57. The molecule has 1 aliphatic rings. The Morgan fingerprint density at radius 2 is 2.06 bits per heavy atom. The molecular weight excluding hydrogens is 200 g/mol. The molecule has 1 atom stereocenters. The van der Waals surface area contributed by atoms with E-state index in [1.165, 1.54) is 12.8 Å². The van der Waals surface area contributed by atoms with Crippen LogP contribution in [0.2, 0.25) is 0 Å². The zero-order valence-electron chi connectivity index (χ0n) is 10.9. The molecule has 1 amide bonds. The molecule has 3 heteroatoms. The molecule has 0 aromatic rings. The lowest BCUT2D eigenvalue weighted by molar-refractivity contribution is -0.127. The lowest BCUT2D eigenvalue weighted by Crippen LogP contribution is -2.39. The fourth-order valence-electron chi connectivity index (χ4n) is 2.51. The average molecular weight is 226 g/mol. The van der Waals surface area contributed by atoms with Gasteiger partial charge in [-0.05, 0) is 31.2 Å². The van der Waals surface area contributed by atoms with E-state index in [1.54, 1.807) is 0 Å². The van der Waals surface area contributed by atoms with Gasteiger partial charge >= 0.3 is 0 Å². The van der Waals surface area contributed by atoms with Crippen molar-refractivity contribution in [2.45, 2.75) is 46.5 Å². The van der Waals surface area contributed by atoms with Crippen LogP contribution in [0.4, 0.5) is 0 Å². The van der Waals surface area contributed by atoms with Crippen LogP contribution in [0, 0.1) is 11.3 Å². The van der Waals surface area contributed by atoms with E-state index < -0.39 is 0 Å². The Bertz CT molecular complexity index is 226. The van der Waals surface area contributed by atoms with Crippen LogP contribution in [-0.4, -0.2) is 25.5 Å². The minimum absolute atomic E-state index is 0.195. The molecule has 3 nitrogen and oxygen atoms in total. The predicted octanol–water partition coefficient (Wildman–Crippen LogP) is 1.93. The highest BCUT2D eigenvalue weighted by molar-refractivity contribution is 5.79. The van der Waals surface area contributed by atoms with Gasteiger partial charge in [0.25, 0.3) is 0 Å². The van der Waals surface area contributed by atoms with Gasteiger partial charge in [0.05, 0.1) is 0 Å². The first kappa shape index (κ1) is 13.5. The molecule has 1 aliphatic carbocycles. The number of hydrogen-bond acceptors (Lipinski definition) is 2. The maximum atomic E-state index is 12.0. The largest absolute Gasteiger partial charge is 0.355 e. The van der Waals surface area contributed by atoms with Crippen molar-refractivity contribution in [3.05, 3.63) is 0 Å². The number of carbonyl (C=O) groups excluding carboxylic acids is 1. The lowest BCUT2D eigenvalue weighted by atomic mass is 9.81. The molecule has 0 aromatic heterocycles. The first-order valence-corrected chi connectivity index (χ1v) is 6.56. The van der Waals surface area contributed by atoms with Gasteiger partial charge in [-0.3, -0.25) is 4.79 Å². The summed E-state index contributed by atoms with van der Waals surface area (Å²) in [5.74, 6) is 0.472. The molecule has 16 heavy (non-hydrogen) atoms. The second-order valence-corrected chi connectivity index (χ2v) is 5.47. The molecular formula is C13H26N2O. The molecule has 0 aliphatic heterocycles. The number of hydrogen-bond donors (Lipinski definition) is 2. The van der Waals surface area contributed by atoms with Crippen LogP contribution in [0.15, 0.2) is 0 Å². The van der Waals surface area contributed by atoms with Crippen molar-refractivity contribution >= 4 is 5.91 Å². The smallest absolute Gasteiger partial charge is 0.223 e. The molecule has 94 valence electrons. The zero-order valence-corrected chi connectivity index (χ0v) is 10.9. The predicted molar refractivity (Wildman–Crippen MR) is 67.3 cm³/mol. The molecule has 1 rings (SSSR count). The van der Waals surface area contributed by atoms with Crippen LogP contribution >= 0.6 is 0 Å². The van der Waals surface area contributed by atoms with Crippen LogP contribution in [0.3, 0.4) is 0 Å². The highest BCUT2D eigenvalue weighted by Crippen LogP contribution is 2.42. The standard InChI is InChI=1S/C13H26N2O/c1-4-8-14-9-10-15-12(16)11-6-5-7-13(11,2)3/h11,14H,4-10H2,1-3H3,(H,15,16). The Morgan fingerprint density at radius 1 is 1.31 bits per heavy atom. The number of nitrogens with one attached hydrogen (secondary N) is 2. The van der Waals surface area contributed by atoms with Gasteiger partial charge in [-0.25, -0.2) is 0 Å². The van der Waals surface area contributed by atoms with Gasteiger partial charge in [0.2, 0.25) is 5.91 Å². The minimum Gasteiger partial charge on any atom is -0.355 e. The molecule has 1 fully saturated rings. The summed E-state index contributed by atoms with van der Waals surface area (Å²) in [4.78, 5) is 12.0. The summed E-state index contributed by atoms with van der Waals surface area (Å²) in [6.45, 7) is 9.23. The second-order valence-electron chi connectivity index (χ2n) is 5.47. The molecule has 0 heterocycles. The number of amides is 1. The van der Waals surface area contributed by atoms with E-state index in [0.29, 0.717) is 0 Å². The van der Waals surface area contributed by atoms with E-state index >= 15 is 0 Å². The number of rotatable bonds is 6. The van der Waals surface area contributed by atoms with Gasteiger partial charge in [-0.2, -0.15) is 0 Å². The maximum Gasteiger partial charge on any atom is 0.223 e. The van der Waals surface area contributed by atoms with E-state index in [0.717, 1.165) is 32.5 Å². The van der Waals surface area contributed by atoms with Crippen molar-refractivity contribution < 1.29 is 4.79 Å². The minimum atomic E-state index is 0.195. The molecule has 0 saturated heterocycles. The Morgan fingerprint density at radius 3 is 2.62 bits per heavy atom. The zero-order chi connectivity index (χ0) is 12.0. The third kappa shape index (κ3) is 3.78. The second kappa shape index (κ2) is 6.24. The summed E-state index contributed by atoms with van der Waals surface area (Å²) >= 11 is 0. The van der Waals surface area contributed by atoms with Gasteiger partial charge in [0.15, 0.2) is 0 Å². The molecule has 0 spiro atoms. The summed E-state index contributed by atoms with van der Waals surface area (Å²) in [6.07, 6.45) is 4.57. The maximum absolute atomic E-state index is 12.0. The van der Waals surface area contributed by atoms with Crippen LogP contribution < -0.4 is 10.6 Å². The van der Waals surface area contributed by atoms with E-state index in [1.807, 2.05) is 0 Å². The number of carbonyl (C=O) groups is 1. The molecule has 2 N–H and O–H groups in total. The molecule has 0 bridgehead atoms. The normalized spacial score (nSPS) is 23.3. The van der Waals surface area contributed by atoms with Crippen LogP contribution in [-0.2, 0) is 4.79 Å². The molecule has 0 aromatic carbocycles. The summed E-state index contributed by atoms with van der Waals surface area (Å²) in [6, 6.07) is 0. The van der Waals surface area contributed by atoms with E-state index in [4.69, 9.17) is 0 Å². The molecule has 1 saturated carbocycles. The third-order valence-corrected chi connectivity index (χ3v) is 3.60. The van der Waals surface area contributed by atoms with Crippen molar-refractivity contribution in [1.29, 1.82) is 0 Å². The van der Waals surface area contributed by atoms with Gasteiger partial charge in [0, 0.05) is 19.0 Å². The van der Waals surface area contributed by atoms with E-state index in [2.05, 4.69) is 31.4 Å². The molecule has 0 radical (unpaired) electrons. The van der Waals surface area contributed by atoms with Gasteiger partial charge in [0.1, 0.15) is 0 Å². The van der Waals surface area contributed by atoms with E-state index in [9.17, 15) is 4.79 Å². The Balaban J connectivity index is 2.20. The van der Waals surface area contributed by atoms with Gasteiger partial charge in [-0.1, -0.05) is 27.2 Å². The first-order chi connectivity index (χ1) is 7.58. The van der Waals surface area contributed by atoms with Crippen molar-refractivity contribution in [3.8, 4) is 0 Å². The lowest BCUT2D eigenvalue weighted by Gasteiger charge is -2.25. The monoisotopic (exact) mass is 226 g/mol. The van der Waals surface area contributed by atoms with Crippen molar-refractivity contribution in [3.63, 3.8) is 0 Å². The quantitative estimate of drug-likeness (QED) is 0.679. The van der Waals surface area contributed by atoms with Crippen LogP contribution in [0.25, 0.3) is 0 Å². The van der Waals surface area contributed by atoms with Crippen molar-refractivity contribution in [2.75, 3.05) is 19.6 Å². The summed E-state index contributed by atoms with van der Waals surface area (Å²) in [5, 5.41) is 6.32. The van der Waals surface area contributed by atoms with Gasteiger partial charge in [-0.15, -0.1) is 0 Å². The van der Waals surface area contributed by atoms with Crippen molar-refractivity contribution in [2.24, 2.45) is 11.3 Å². The van der Waals surface area contributed by atoms with Crippen LogP contribution in [0.5, 0.6) is 0 Å². The SMILES string of the molecule is CCCNCCNC(=O)C1CCCC1(C)C.